The number of nitrogens with one attached hydrogen (secondary N) is 2. The van der Waals surface area contributed by atoms with Gasteiger partial charge in [-0.05, 0) is 19.1 Å². The van der Waals surface area contributed by atoms with Crippen molar-refractivity contribution in [3.8, 4) is 0 Å². The highest BCUT2D eigenvalue weighted by molar-refractivity contribution is 6.07. The van der Waals surface area contributed by atoms with Crippen molar-refractivity contribution in [1.29, 1.82) is 0 Å². The molecule has 0 fully saturated rings. The number of hydrogen-bond acceptors (Lipinski definition) is 3. The van der Waals surface area contributed by atoms with Crippen molar-refractivity contribution in [3.63, 3.8) is 0 Å². The first-order valence-corrected chi connectivity index (χ1v) is 6.57. The Hall–Kier alpha value is -2.95. The van der Waals surface area contributed by atoms with E-state index >= 15 is 0 Å². The fraction of sp³-hybridized carbons (Fsp3) is 0.0625. The van der Waals surface area contributed by atoms with Gasteiger partial charge in [0.2, 0.25) is 0 Å². The van der Waals surface area contributed by atoms with Crippen LogP contribution in [0.2, 0.25) is 0 Å². The van der Waals surface area contributed by atoms with E-state index in [2.05, 4.69) is 20.5 Å². The van der Waals surface area contributed by atoms with Crippen LogP contribution in [0.1, 0.15) is 22.8 Å². The molecule has 3 aromatic rings. The summed E-state index contributed by atoms with van der Waals surface area (Å²) in [6.45, 7) is 1.83. The maximum atomic E-state index is 12.2. The van der Waals surface area contributed by atoms with Crippen LogP contribution in [0, 0.1) is 0 Å². The van der Waals surface area contributed by atoms with Crippen molar-refractivity contribution in [2.75, 3.05) is 0 Å². The van der Waals surface area contributed by atoms with Crippen LogP contribution in [0.15, 0.2) is 60.1 Å². The van der Waals surface area contributed by atoms with E-state index in [1.165, 1.54) is 0 Å². The number of hydrazone groups is 1. The van der Waals surface area contributed by atoms with Crippen LogP contribution in [0.3, 0.4) is 0 Å². The average Bonchev–Trinajstić information content (AvgIpc) is 2.97. The van der Waals surface area contributed by atoms with E-state index in [0.29, 0.717) is 11.3 Å². The Labute approximate surface area is 121 Å². The van der Waals surface area contributed by atoms with Gasteiger partial charge < -0.3 is 4.98 Å². The van der Waals surface area contributed by atoms with Crippen molar-refractivity contribution in [1.82, 2.24) is 15.4 Å². The number of aromatic nitrogens is 2. The Morgan fingerprint density at radius 2 is 2.10 bits per heavy atom. The summed E-state index contributed by atoms with van der Waals surface area (Å²) in [4.78, 5) is 19.3. The van der Waals surface area contributed by atoms with E-state index in [1.807, 2.05) is 43.3 Å². The van der Waals surface area contributed by atoms with Crippen molar-refractivity contribution < 1.29 is 4.79 Å². The van der Waals surface area contributed by atoms with Crippen LogP contribution in [0.5, 0.6) is 0 Å². The lowest BCUT2D eigenvalue weighted by Crippen LogP contribution is -2.19. The molecule has 2 aromatic heterocycles. The fourth-order valence-corrected chi connectivity index (χ4v) is 2.10. The molecule has 0 saturated heterocycles. The number of rotatable bonds is 3. The van der Waals surface area contributed by atoms with E-state index in [0.717, 1.165) is 16.5 Å². The van der Waals surface area contributed by atoms with Gasteiger partial charge in [-0.3, -0.25) is 9.78 Å². The molecule has 1 aromatic carbocycles. The first-order valence-electron chi connectivity index (χ1n) is 6.57. The minimum atomic E-state index is -0.240. The summed E-state index contributed by atoms with van der Waals surface area (Å²) in [6.07, 6.45) is 5.09. The second-order valence-corrected chi connectivity index (χ2v) is 4.63. The number of carbonyl (C=O) groups excluding carboxylic acids is 1. The standard InChI is InChI=1S/C16H14N4O/c1-11(12-5-4-8-17-9-12)19-20-16(21)14-10-18-15-7-3-2-6-13(14)15/h2-10,18H,1H3,(H,20,21). The molecule has 0 bridgehead atoms. The summed E-state index contributed by atoms with van der Waals surface area (Å²) in [6, 6.07) is 11.4. The second kappa shape index (κ2) is 5.58. The molecule has 0 atom stereocenters. The fourth-order valence-electron chi connectivity index (χ4n) is 2.10. The molecular weight excluding hydrogens is 264 g/mol. The van der Waals surface area contributed by atoms with Crippen molar-refractivity contribution in [3.05, 3.63) is 66.1 Å². The summed E-state index contributed by atoms with van der Waals surface area (Å²) in [7, 11) is 0. The normalized spacial score (nSPS) is 11.6. The summed E-state index contributed by atoms with van der Waals surface area (Å²) >= 11 is 0. The van der Waals surface area contributed by atoms with Crippen LogP contribution in [0.25, 0.3) is 10.9 Å². The summed E-state index contributed by atoms with van der Waals surface area (Å²) < 4.78 is 0. The predicted molar refractivity (Wildman–Crippen MR) is 82.2 cm³/mol. The van der Waals surface area contributed by atoms with Gasteiger partial charge >= 0.3 is 0 Å². The third kappa shape index (κ3) is 2.67. The molecule has 0 radical (unpaired) electrons. The molecule has 2 N–H and O–H groups in total. The molecule has 0 aliphatic carbocycles. The largest absolute Gasteiger partial charge is 0.360 e. The number of nitrogens with zero attached hydrogens (tertiary/aromatic N) is 2. The topological polar surface area (TPSA) is 70.1 Å². The zero-order valence-electron chi connectivity index (χ0n) is 11.5. The van der Waals surface area contributed by atoms with Crippen LogP contribution < -0.4 is 5.43 Å². The highest BCUT2D eigenvalue weighted by Crippen LogP contribution is 2.17. The lowest BCUT2D eigenvalue weighted by atomic mass is 10.2. The van der Waals surface area contributed by atoms with E-state index < -0.39 is 0 Å². The van der Waals surface area contributed by atoms with E-state index in [1.54, 1.807) is 18.6 Å². The average molecular weight is 278 g/mol. The van der Waals surface area contributed by atoms with E-state index in [4.69, 9.17) is 0 Å². The van der Waals surface area contributed by atoms with Gasteiger partial charge in [-0.15, -0.1) is 0 Å². The number of hydrogen-bond donors (Lipinski definition) is 2. The number of H-pyrrole nitrogens is 1. The quantitative estimate of drug-likeness (QED) is 0.571. The highest BCUT2D eigenvalue weighted by Gasteiger charge is 2.10. The number of benzene rings is 1. The maximum absolute atomic E-state index is 12.2. The molecule has 5 nitrogen and oxygen atoms in total. The number of carbonyl (C=O) groups is 1. The molecule has 1 amide bonds. The van der Waals surface area contributed by atoms with E-state index in [9.17, 15) is 4.79 Å². The minimum absolute atomic E-state index is 0.240. The zero-order valence-corrected chi connectivity index (χ0v) is 11.5. The first kappa shape index (κ1) is 13.1. The Bertz CT molecular complexity index is 805. The number of fused-ring (bicyclic) bond motifs is 1. The van der Waals surface area contributed by atoms with Crippen LogP contribution in [-0.2, 0) is 0 Å². The van der Waals surface area contributed by atoms with Crippen LogP contribution in [0.4, 0.5) is 0 Å². The number of para-hydroxylation sites is 1. The smallest absolute Gasteiger partial charge is 0.273 e. The Balaban J connectivity index is 1.81. The Kier molecular flexibility index (Phi) is 3.47. The highest BCUT2D eigenvalue weighted by atomic mass is 16.2. The molecule has 5 heteroatoms. The van der Waals surface area contributed by atoms with Gasteiger partial charge in [-0.2, -0.15) is 5.10 Å². The Morgan fingerprint density at radius 3 is 2.90 bits per heavy atom. The second-order valence-electron chi connectivity index (χ2n) is 4.63. The third-order valence-electron chi connectivity index (χ3n) is 3.24. The summed E-state index contributed by atoms with van der Waals surface area (Å²) in [5.74, 6) is -0.240. The van der Waals surface area contributed by atoms with Gasteiger partial charge in [0.25, 0.3) is 5.91 Å². The van der Waals surface area contributed by atoms with Crippen molar-refractivity contribution in [2.24, 2.45) is 5.10 Å². The summed E-state index contributed by atoms with van der Waals surface area (Å²) in [5, 5.41) is 5.00. The Morgan fingerprint density at radius 1 is 1.24 bits per heavy atom. The number of pyridine rings is 1. The van der Waals surface area contributed by atoms with Crippen LogP contribution >= 0.6 is 0 Å². The lowest BCUT2D eigenvalue weighted by molar-refractivity contribution is 0.0956. The molecule has 104 valence electrons. The van der Waals surface area contributed by atoms with Crippen molar-refractivity contribution >= 4 is 22.5 Å². The molecule has 2 heterocycles. The van der Waals surface area contributed by atoms with Crippen LogP contribution in [-0.4, -0.2) is 21.6 Å². The SMILES string of the molecule is CC(=NNC(=O)c1c[nH]c2ccccc12)c1cccnc1. The molecule has 21 heavy (non-hydrogen) atoms. The lowest BCUT2D eigenvalue weighted by Gasteiger charge is -2.01. The number of aromatic amines is 1. The van der Waals surface area contributed by atoms with Gasteiger partial charge in [0, 0.05) is 35.1 Å². The number of amides is 1. The molecular formula is C16H14N4O. The molecule has 0 aliphatic heterocycles. The van der Waals surface area contributed by atoms with Crippen molar-refractivity contribution in [2.45, 2.75) is 6.92 Å². The monoisotopic (exact) mass is 278 g/mol. The molecule has 0 spiro atoms. The molecule has 3 rings (SSSR count). The third-order valence-corrected chi connectivity index (χ3v) is 3.24. The van der Waals surface area contributed by atoms with Gasteiger partial charge in [0.15, 0.2) is 0 Å². The van der Waals surface area contributed by atoms with Gasteiger partial charge in [-0.1, -0.05) is 24.3 Å². The predicted octanol–water partition coefficient (Wildman–Crippen LogP) is 2.72. The summed E-state index contributed by atoms with van der Waals surface area (Å²) in [5.41, 5.74) is 5.66. The molecule has 0 aliphatic rings. The van der Waals surface area contributed by atoms with Gasteiger partial charge in [0.1, 0.15) is 0 Å². The van der Waals surface area contributed by atoms with E-state index in [-0.39, 0.29) is 5.91 Å². The molecule has 0 saturated carbocycles. The first-order chi connectivity index (χ1) is 10.3. The maximum Gasteiger partial charge on any atom is 0.273 e. The zero-order chi connectivity index (χ0) is 14.7. The van der Waals surface area contributed by atoms with Gasteiger partial charge in [-0.25, -0.2) is 5.43 Å². The minimum Gasteiger partial charge on any atom is -0.360 e. The van der Waals surface area contributed by atoms with Gasteiger partial charge in [0.05, 0.1) is 11.3 Å². The molecule has 0 unspecified atom stereocenters.